The molecule has 0 radical (unpaired) electrons. The van der Waals surface area contributed by atoms with Crippen LogP contribution in [-0.2, 0) is 19.1 Å². The second kappa shape index (κ2) is 5.93. The van der Waals surface area contributed by atoms with Crippen molar-refractivity contribution < 1.29 is 23.5 Å². The van der Waals surface area contributed by atoms with Crippen LogP contribution in [0.5, 0.6) is 0 Å². The highest BCUT2D eigenvalue weighted by Crippen LogP contribution is 2.29. The molecule has 1 fully saturated rings. The molecular formula is C14H15FO4. The third kappa shape index (κ3) is 2.98. The number of hydrogen-bond acceptors (Lipinski definition) is 4. The van der Waals surface area contributed by atoms with E-state index >= 15 is 0 Å². The van der Waals surface area contributed by atoms with Gasteiger partial charge in [-0.2, -0.15) is 0 Å². The molecule has 19 heavy (non-hydrogen) atoms. The molecule has 0 bridgehead atoms. The zero-order valence-corrected chi connectivity index (χ0v) is 10.6. The van der Waals surface area contributed by atoms with Gasteiger partial charge in [0.2, 0.25) is 0 Å². The summed E-state index contributed by atoms with van der Waals surface area (Å²) in [4.78, 5) is 23.9. The second-order valence-electron chi connectivity index (χ2n) is 4.30. The van der Waals surface area contributed by atoms with Crippen LogP contribution in [0.1, 0.15) is 25.0 Å². The van der Waals surface area contributed by atoms with Crippen LogP contribution in [0.2, 0.25) is 0 Å². The van der Waals surface area contributed by atoms with Crippen LogP contribution in [0.15, 0.2) is 24.3 Å². The highest BCUT2D eigenvalue weighted by Gasteiger charge is 2.38. The van der Waals surface area contributed by atoms with Gasteiger partial charge in [0.15, 0.2) is 5.78 Å². The lowest BCUT2D eigenvalue weighted by molar-refractivity contribution is -0.160. The fourth-order valence-corrected chi connectivity index (χ4v) is 2.09. The highest BCUT2D eigenvalue weighted by molar-refractivity contribution is 6.02. The molecule has 2 atom stereocenters. The van der Waals surface area contributed by atoms with Gasteiger partial charge in [-0.3, -0.25) is 9.59 Å². The van der Waals surface area contributed by atoms with Crippen molar-refractivity contribution in [2.24, 2.45) is 5.92 Å². The maximum Gasteiger partial charge on any atom is 0.316 e. The Labute approximate surface area is 110 Å². The lowest BCUT2D eigenvalue weighted by Gasteiger charge is -2.27. The molecule has 102 valence electrons. The first kappa shape index (κ1) is 13.7. The van der Waals surface area contributed by atoms with Crippen molar-refractivity contribution in [1.29, 1.82) is 0 Å². The van der Waals surface area contributed by atoms with Gasteiger partial charge in [-0.1, -0.05) is 12.1 Å². The number of Topliss-reactive ketones (excluding diaryl/α,β-unsaturated/α-hetero) is 1. The average molecular weight is 266 g/mol. The van der Waals surface area contributed by atoms with Gasteiger partial charge in [-0.15, -0.1) is 0 Å². The Morgan fingerprint density at radius 2 is 2.11 bits per heavy atom. The van der Waals surface area contributed by atoms with Crippen molar-refractivity contribution in [3.05, 3.63) is 35.6 Å². The van der Waals surface area contributed by atoms with Crippen LogP contribution < -0.4 is 0 Å². The molecule has 0 aliphatic carbocycles. The van der Waals surface area contributed by atoms with Crippen molar-refractivity contribution >= 4 is 11.8 Å². The van der Waals surface area contributed by atoms with Gasteiger partial charge < -0.3 is 9.47 Å². The standard InChI is InChI=1S/C14H15FO4/c1-2-18-14(17)11-7-8-19-13(12(11)16)9-3-5-10(15)6-4-9/h3-6,11,13H,2,7-8H2,1H3. The molecule has 1 heterocycles. The quantitative estimate of drug-likeness (QED) is 0.620. The largest absolute Gasteiger partial charge is 0.465 e. The second-order valence-corrected chi connectivity index (χ2v) is 4.30. The number of benzene rings is 1. The number of carbonyl (C=O) groups is 2. The number of ether oxygens (including phenoxy) is 2. The summed E-state index contributed by atoms with van der Waals surface area (Å²) >= 11 is 0. The molecule has 1 aromatic rings. The molecule has 2 unspecified atom stereocenters. The van der Waals surface area contributed by atoms with E-state index in [1.807, 2.05) is 0 Å². The third-order valence-corrected chi connectivity index (χ3v) is 3.04. The van der Waals surface area contributed by atoms with E-state index in [1.54, 1.807) is 6.92 Å². The average Bonchev–Trinajstić information content (AvgIpc) is 2.40. The van der Waals surface area contributed by atoms with Crippen molar-refractivity contribution in [1.82, 2.24) is 0 Å². The maximum absolute atomic E-state index is 12.9. The number of rotatable bonds is 3. The van der Waals surface area contributed by atoms with Gasteiger partial charge in [0.25, 0.3) is 0 Å². The van der Waals surface area contributed by atoms with E-state index in [9.17, 15) is 14.0 Å². The number of hydrogen-bond donors (Lipinski definition) is 0. The molecule has 0 saturated carbocycles. The first-order valence-electron chi connectivity index (χ1n) is 6.21. The Morgan fingerprint density at radius 3 is 2.74 bits per heavy atom. The van der Waals surface area contributed by atoms with Gasteiger partial charge in [0.05, 0.1) is 6.61 Å². The predicted molar refractivity (Wildman–Crippen MR) is 64.8 cm³/mol. The van der Waals surface area contributed by atoms with Gasteiger partial charge in [-0.05, 0) is 31.0 Å². The van der Waals surface area contributed by atoms with Gasteiger partial charge >= 0.3 is 5.97 Å². The van der Waals surface area contributed by atoms with Crippen molar-refractivity contribution in [3.63, 3.8) is 0 Å². The number of carbonyl (C=O) groups excluding carboxylic acids is 2. The topological polar surface area (TPSA) is 52.6 Å². The summed E-state index contributed by atoms with van der Waals surface area (Å²) in [6, 6.07) is 5.51. The lowest BCUT2D eigenvalue weighted by atomic mass is 9.90. The minimum Gasteiger partial charge on any atom is -0.465 e. The summed E-state index contributed by atoms with van der Waals surface area (Å²) in [5, 5.41) is 0. The van der Waals surface area contributed by atoms with E-state index < -0.39 is 18.0 Å². The first-order chi connectivity index (χ1) is 9.13. The molecule has 4 nitrogen and oxygen atoms in total. The Balaban J connectivity index is 2.16. The minimum atomic E-state index is -0.816. The smallest absolute Gasteiger partial charge is 0.316 e. The molecule has 0 aromatic heterocycles. The van der Waals surface area contributed by atoms with Crippen molar-refractivity contribution in [2.75, 3.05) is 13.2 Å². The highest BCUT2D eigenvalue weighted by atomic mass is 19.1. The fraction of sp³-hybridized carbons (Fsp3) is 0.429. The van der Waals surface area contributed by atoms with Gasteiger partial charge in [0.1, 0.15) is 17.8 Å². The molecule has 1 aliphatic heterocycles. The summed E-state index contributed by atoms with van der Waals surface area (Å²) in [7, 11) is 0. The van der Waals surface area contributed by atoms with Crippen LogP contribution >= 0.6 is 0 Å². The molecule has 1 aromatic carbocycles. The number of halogens is 1. The van der Waals surface area contributed by atoms with E-state index in [-0.39, 0.29) is 18.2 Å². The Hall–Kier alpha value is -1.75. The molecule has 5 heteroatoms. The first-order valence-corrected chi connectivity index (χ1v) is 6.21. The Morgan fingerprint density at radius 1 is 1.42 bits per heavy atom. The maximum atomic E-state index is 12.9. The minimum absolute atomic E-state index is 0.241. The normalized spacial score (nSPS) is 23.2. The van der Waals surface area contributed by atoms with E-state index in [2.05, 4.69) is 0 Å². The SMILES string of the molecule is CCOC(=O)C1CCOC(c2ccc(F)cc2)C1=O. The van der Waals surface area contributed by atoms with E-state index in [1.165, 1.54) is 24.3 Å². The molecule has 1 aliphatic rings. The van der Waals surface area contributed by atoms with Crippen LogP contribution in [0.3, 0.4) is 0 Å². The summed E-state index contributed by atoms with van der Waals surface area (Å²) in [6.45, 7) is 2.24. The van der Waals surface area contributed by atoms with Crippen LogP contribution in [0.4, 0.5) is 4.39 Å². The van der Waals surface area contributed by atoms with Crippen molar-refractivity contribution in [2.45, 2.75) is 19.4 Å². The number of esters is 1. The summed E-state index contributed by atoms with van der Waals surface area (Å²) in [6.07, 6.45) is -0.487. The van der Waals surface area contributed by atoms with Crippen LogP contribution in [0, 0.1) is 11.7 Å². The Kier molecular flexibility index (Phi) is 4.27. The van der Waals surface area contributed by atoms with E-state index in [0.29, 0.717) is 18.6 Å². The number of ketones is 1. The molecule has 2 rings (SSSR count). The summed E-state index contributed by atoms with van der Waals surface area (Å²) < 4.78 is 23.1. The summed E-state index contributed by atoms with van der Waals surface area (Å²) in [5.74, 6) is -2.00. The third-order valence-electron chi connectivity index (χ3n) is 3.04. The van der Waals surface area contributed by atoms with Crippen LogP contribution in [0.25, 0.3) is 0 Å². The van der Waals surface area contributed by atoms with Gasteiger partial charge in [-0.25, -0.2) is 4.39 Å². The fourth-order valence-electron chi connectivity index (χ4n) is 2.09. The zero-order chi connectivity index (χ0) is 13.8. The summed E-state index contributed by atoms with van der Waals surface area (Å²) in [5.41, 5.74) is 0.556. The molecule has 0 spiro atoms. The Bertz CT molecular complexity index is 469. The monoisotopic (exact) mass is 266 g/mol. The molecular weight excluding hydrogens is 251 g/mol. The lowest BCUT2D eigenvalue weighted by Crippen LogP contribution is -2.36. The predicted octanol–water partition coefficient (Wildman–Crippen LogP) is 2.04. The zero-order valence-electron chi connectivity index (χ0n) is 10.6. The van der Waals surface area contributed by atoms with Crippen LogP contribution in [-0.4, -0.2) is 25.0 Å². The van der Waals surface area contributed by atoms with Crippen molar-refractivity contribution in [3.8, 4) is 0 Å². The van der Waals surface area contributed by atoms with E-state index in [4.69, 9.17) is 9.47 Å². The van der Waals surface area contributed by atoms with E-state index in [0.717, 1.165) is 0 Å². The van der Waals surface area contributed by atoms with Gasteiger partial charge in [0, 0.05) is 6.61 Å². The molecule has 0 amide bonds. The molecule has 1 saturated heterocycles. The molecule has 0 N–H and O–H groups in total.